The minimum atomic E-state index is -0.155. The monoisotopic (exact) mass is 462 g/mol. The van der Waals surface area contributed by atoms with Crippen molar-refractivity contribution in [3.05, 3.63) is 58.1 Å². The lowest BCUT2D eigenvalue weighted by Crippen LogP contribution is -2.46. The molecule has 0 aromatic heterocycles. The van der Waals surface area contributed by atoms with Crippen LogP contribution >= 0.6 is 23.2 Å². The van der Waals surface area contributed by atoms with Crippen LogP contribution in [0.2, 0.25) is 10.0 Å². The van der Waals surface area contributed by atoms with E-state index in [9.17, 15) is 4.79 Å². The number of piperazine rings is 1. The number of aryl methyl sites for hydroxylation is 1. The van der Waals surface area contributed by atoms with E-state index in [0.717, 1.165) is 56.9 Å². The van der Waals surface area contributed by atoms with E-state index in [2.05, 4.69) is 32.6 Å². The average molecular weight is 463 g/mol. The zero-order chi connectivity index (χ0) is 22.1. The van der Waals surface area contributed by atoms with Crippen LogP contribution in [-0.4, -0.2) is 50.2 Å². The Morgan fingerprint density at radius 1 is 1.00 bits per heavy atom. The summed E-state index contributed by atoms with van der Waals surface area (Å²) in [5.41, 5.74) is 3.15. The highest BCUT2D eigenvalue weighted by atomic mass is 35.5. The number of unbranched alkanes of at least 4 members (excludes halogenated alkanes) is 2. The number of halogens is 2. The summed E-state index contributed by atoms with van der Waals surface area (Å²) in [5, 5.41) is 6.90. The maximum atomic E-state index is 11.7. The van der Waals surface area contributed by atoms with Gasteiger partial charge in [-0.05, 0) is 62.6 Å². The van der Waals surface area contributed by atoms with E-state index in [0.29, 0.717) is 16.6 Å². The van der Waals surface area contributed by atoms with E-state index in [1.807, 2.05) is 37.3 Å². The van der Waals surface area contributed by atoms with Crippen LogP contribution in [-0.2, 0) is 6.42 Å². The van der Waals surface area contributed by atoms with Gasteiger partial charge in [0.05, 0.1) is 15.7 Å². The lowest BCUT2D eigenvalue weighted by atomic mass is 10.1. The Morgan fingerprint density at radius 2 is 1.77 bits per heavy atom. The molecule has 0 saturated carbocycles. The van der Waals surface area contributed by atoms with Crippen molar-refractivity contribution in [2.75, 3.05) is 49.5 Å². The van der Waals surface area contributed by atoms with Crippen molar-refractivity contribution >= 4 is 40.6 Å². The van der Waals surface area contributed by atoms with Gasteiger partial charge in [-0.1, -0.05) is 47.8 Å². The van der Waals surface area contributed by atoms with E-state index >= 15 is 0 Å². The standard InChI is InChI=1S/C24H32Cl2N4O/c1-2-27-24(31)28-20-10-6-9-19(18-20)8-4-3-5-13-29-14-16-30(17-15-29)22-12-7-11-21(25)23(22)26/h6-7,9-12,18H,2-5,8,13-17H2,1H3,(H2,27,28,31). The Balaban J connectivity index is 1.33. The van der Waals surface area contributed by atoms with Crippen LogP contribution in [0, 0.1) is 0 Å². The first-order chi connectivity index (χ1) is 15.1. The van der Waals surface area contributed by atoms with Crippen molar-refractivity contribution in [3.63, 3.8) is 0 Å². The predicted molar refractivity (Wildman–Crippen MR) is 132 cm³/mol. The summed E-state index contributed by atoms with van der Waals surface area (Å²) in [6, 6.07) is 13.8. The minimum Gasteiger partial charge on any atom is -0.368 e. The van der Waals surface area contributed by atoms with Crippen LogP contribution < -0.4 is 15.5 Å². The third kappa shape index (κ3) is 7.30. The van der Waals surface area contributed by atoms with Crippen molar-refractivity contribution in [2.45, 2.75) is 32.6 Å². The molecule has 1 heterocycles. The number of benzene rings is 2. The molecule has 0 spiro atoms. The molecule has 1 aliphatic rings. The molecule has 1 aliphatic heterocycles. The van der Waals surface area contributed by atoms with Crippen molar-refractivity contribution in [1.82, 2.24) is 10.2 Å². The van der Waals surface area contributed by atoms with Gasteiger partial charge in [0.1, 0.15) is 0 Å². The van der Waals surface area contributed by atoms with E-state index in [1.54, 1.807) is 0 Å². The molecule has 5 nitrogen and oxygen atoms in total. The number of urea groups is 1. The van der Waals surface area contributed by atoms with Crippen LogP contribution in [0.3, 0.4) is 0 Å². The summed E-state index contributed by atoms with van der Waals surface area (Å²) in [7, 11) is 0. The molecular formula is C24H32Cl2N4O. The van der Waals surface area contributed by atoms with Gasteiger partial charge in [0.15, 0.2) is 0 Å². The van der Waals surface area contributed by atoms with E-state index in [4.69, 9.17) is 23.2 Å². The fourth-order valence-corrected chi connectivity index (χ4v) is 4.35. The van der Waals surface area contributed by atoms with E-state index in [-0.39, 0.29) is 6.03 Å². The second-order valence-electron chi connectivity index (χ2n) is 7.90. The topological polar surface area (TPSA) is 47.6 Å². The highest BCUT2D eigenvalue weighted by molar-refractivity contribution is 6.43. The quantitative estimate of drug-likeness (QED) is 0.471. The van der Waals surface area contributed by atoms with Gasteiger partial charge >= 0.3 is 6.03 Å². The molecule has 1 saturated heterocycles. The first-order valence-corrected chi connectivity index (χ1v) is 11.9. The SMILES string of the molecule is CCNC(=O)Nc1cccc(CCCCCN2CCN(c3cccc(Cl)c3Cl)CC2)c1. The molecule has 0 atom stereocenters. The fraction of sp³-hybridized carbons (Fsp3) is 0.458. The molecule has 2 amide bonds. The number of nitrogens with zero attached hydrogens (tertiary/aromatic N) is 2. The van der Waals surface area contributed by atoms with Crippen LogP contribution in [0.1, 0.15) is 31.7 Å². The number of hydrogen-bond donors (Lipinski definition) is 2. The number of carbonyl (C=O) groups is 1. The summed E-state index contributed by atoms with van der Waals surface area (Å²) in [6.45, 7) is 7.72. The molecule has 0 bridgehead atoms. The third-order valence-electron chi connectivity index (χ3n) is 5.61. The number of amides is 2. The molecule has 0 unspecified atom stereocenters. The summed E-state index contributed by atoms with van der Waals surface area (Å²) < 4.78 is 0. The normalized spacial score (nSPS) is 14.5. The lowest BCUT2D eigenvalue weighted by molar-refractivity contribution is 0.252. The first kappa shape index (κ1) is 23.7. The third-order valence-corrected chi connectivity index (χ3v) is 6.42. The molecule has 0 aliphatic carbocycles. The van der Waals surface area contributed by atoms with Gasteiger partial charge < -0.3 is 15.5 Å². The van der Waals surface area contributed by atoms with Crippen LogP contribution in [0.25, 0.3) is 0 Å². The van der Waals surface area contributed by atoms with Crippen LogP contribution in [0.5, 0.6) is 0 Å². The molecule has 2 aromatic rings. The highest BCUT2D eigenvalue weighted by Crippen LogP contribution is 2.32. The van der Waals surface area contributed by atoms with Crippen LogP contribution in [0.15, 0.2) is 42.5 Å². The number of carbonyl (C=O) groups excluding carboxylic acids is 1. The van der Waals surface area contributed by atoms with Gasteiger partial charge in [-0.25, -0.2) is 4.79 Å². The highest BCUT2D eigenvalue weighted by Gasteiger charge is 2.19. The number of hydrogen-bond acceptors (Lipinski definition) is 3. The molecule has 2 aromatic carbocycles. The zero-order valence-electron chi connectivity index (χ0n) is 18.2. The fourth-order valence-electron chi connectivity index (χ4n) is 3.93. The van der Waals surface area contributed by atoms with Crippen molar-refractivity contribution in [3.8, 4) is 0 Å². The molecule has 2 N–H and O–H groups in total. The van der Waals surface area contributed by atoms with Gasteiger partial charge in [-0.2, -0.15) is 0 Å². The largest absolute Gasteiger partial charge is 0.368 e. The van der Waals surface area contributed by atoms with Gasteiger partial charge in [-0.3, -0.25) is 4.90 Å². The Kier molecular flexibility index (Phi) is 9.31. The Morgan fingerprint density at radius 3 is 2.55 bits per heavy atom. The van der Waals surface area contributed by atoms with Gasteiger partial charge in [0, 0.05) is 38.4 Å². The minimum absolute atomic E-state index is 0.155. The molecule has 7 heteroatoms. The van der Waals surface area contributed by atoms with Gasteiger partial charge in [0.25, 0.3) is 0 Å². The summed E-state index contributed by atoms with van der Waals surface area (Å²) in [6.07, 6.45) is 4.59. The predicted octanol–water partition coefficient (Wildman–Crippen LogP) is 5.67. The molecule has 168 valence electrons. The van der Waals surface area contributed by atoms with Crippen LogP contribution in [0.4, 0.5) is 16.2 Å². The second-order valence-corrected chi connectivity index (χ2v) is 8.68. The Bertz CT molecular complexity index is 853. The summed E-state index contributed by atoms with van der Waals surface area (Å²) >= 11 is 12.5. The second kappa shape index (κ2) is 12.2. The average Bonchev–Trinajstić information content (AvgIpc) is 2.76. The summed E-state index contributed by atoms with van der Waals surface area (Å²) in [5.74, 6) is 0. The maximum absolute atomic E-state index is 11.7. The molecular weight excluding hydrogens is 431 g/mol. The Labute approximate surface area is 195 Å². The van der Waals surface area contributed by atoms with Crippen molar-refractivity contribution in [2.24, 2.45) is 0 Å². The molecule has 31 heavy (non-hydrogen) atoms. The Hall–Kier alpha value is -1.95. The maximum Gasteiger partial charge on any atom is 0.319 e. The number of rotatable bonds is 9. The molecule has 0 radical (unpaired) electrons. The molecule has 3 rings (SSSR count). The first-order valence-electron chi connectivity index (χ1n) is 11.1. The smallest absolute Gasteiger partial charge is 0.319 e. The van der Waals surface area contributed by atoms with E-state index < -0.39 is 0 Å². The van der Waals surface area contributed by atoms with E-state index in [1.165, 1.54) is 18.4 Å². The van der Waals surface area contributed by atoms with Crippen molar-refractivity contribution < 1.29 is 4.79 Å². The number of anilines is 2. The van der Waals surface area contributed by atoms with Crippen molar-refractivity contribution in [1.29, 1.82) is 0 Å². The zero-order valence-corrected chi connectivity index (χ0v) is 19.7. The van der Waals surface area contributed by atoms with Gasteiger partial charge in [-0.15, -0.1) is 0 Å². The van der Waals surface area contributed by atoms with Gasteiger partial charge in [0.2, 0.25) is 0 Å². The number of nitrogens with one attached hydrogen (secondary N) is 2. The summed E-state index contributed by atoms with van der Waals surface area (Å²) in [4.78, 5) is 16.5. The lowest BCUT2D eigenvalue weighted by Gasteiger charge is -2.36. The molecule has 1 fully saturated rings.